The molecule has 1 atom stereocenters. The Morgan fingerprint density at radius 1 is 1.47 bits per heavy atom. The molecule has 0 fully saturated rings. The van der Waals surface area contributed by atoms with E-state index in [9.17, 15) is 8.42 Å². The Labute approximate surface area is 102 Å². The zero-order chi connectivity index (χ0) is 13.2. The average molecular weight is 258 g/mol. The fraction of sp³-hybridized carbons (Fsp3) is 0.455. The van der Waals surface area contributed by atoms with Crippen LogP contribution in [0.4, 0.5) is 11.4 Å². The van der Waals surface area contributed by atoms with E-state index >= 15 is 0 Å². The maximum absolute atomic E-state index is 11.5. The van der Waals surface area contributed by atoms with Crippen molar-refractivity contribution in [2.45, 2.75) is 17.9 Å². The van der Waals surface area contributed by atoms with E-state index in [-0.39, 0.29) is 23.2 Å². The number of aliphatic hydroxyl groups excluding tert-OH is 1. The second-order valence-electron chi connectivity index (χ2n) is 4.10. The number of likely N-dealkylation sites (N-methyl/N-ethyl adjacent to an activating group) is 1. The SMILES string of the molecule is CC(CO)N(C)c1cccc(S(C)(=O)=O)c1N. The number of nitrogens with zero attached hydrogens (tertiary/aromatic N) is 1. The lowest BCUT2D eigenvalue weighted by Gasteiger charge is -2.27. The number of benzene rings is 1. The molecule has 0 saturated heterocycles. The third-order valence-electron chi connectivity index (χ3n) is 2.75. The quantitative estimate of drug-likeness (QED) is 0.768. The van der Waals surface area contributed by atoms with Crippen molar-refractivity contribution in [1.29, 1.82) is 0 Å². The van der Waals surface area contributed by atoms with Crippen LogP contribution in [0.25, 0.3) is 0 Å². The molecule has 1 aromatic rings. The van der Waals surface area contributed by atoms with Gasteiger partial charge in [-0.1, -0.05) is 6.07 Å². The molecule has 1 unspecified atom stereocenters. The molecule has 0 heterocycles. The molecule has 0 aliphatic carbocycles. The van der Waals surface area contributed by atoms with Gasteiger partial charge in [0.2, 0.25) is 0 Å². The summed E-state index contributed by atoms with van der Waals surface area (Å²) in [6.45, 7) is 1.80. The molecule has 0 saturated carbocycles. The van der Waals surface area contributed by atoms with Gasteiger partial charge in [0.05, 0.1) is 22.9 Å². The molecule has 96 valence electrons. The van der Waals surface area contributed by atoms with Gasteiger partial charge in [-0.25, -0.2) is 8.42 Å². The summed E-state index contributed by atoms with van der Waals surface area (Å²) < 4.78 is 23.0. The van der Waals surface area contributed by atoms with E-state index in [4.69, 9.17) is 10.8 Å². The Balaban J connectivity index is 3.29. The summed E-state index contributed by atoms with van der Waals surface area (Å²) in [7, 11) is -1.57. The Morgan fingerprint density at radius 3 is 2.53 bits per heavy atom. The number of nitrogens with two attached hydrogens (primary N) is 1. The molecule has 3 N–H and O–H groups in total. The molecule has 0 aromatic heterocycles. The van der Waals surface area contributed by atoms with Gasteiger partial charge in [0.15, 0.2) is 9.84 Å². The number of rotatable bonds is 4. The zero-order valence-corrected chi connectivity index (χ0v) is 11.0. The van der Waals surface area contributed by atoms with Crippen LogP contribution in [-0.4, -0.2) is 39.5 Å². The van der Waals surface area contributed by atoms with Crippen LogP contribution in [0.1, 0.15) is 6.92 Å². The summed E-state index contributed by atoms with van der Waals surface area (Å²) in [6.07, 6.45) is 1.12. The third-order valence-corrected chi connectivity index (χ3v) is 3.90. The Morgan fingerprint density at radius 2 is 2.06 bits per heavy atom. The van der Waals surface area contributed by atoms with Gasteiger partial charge >= 0.3 is 0 Å². The highest BCUT2D eigenvalue weighted by Crippen LogP contribution is 2.29. The normalized spacial score (nSPS) is 13.4. The Hall–Kier alpha value is -1.27. The van der Waals surface area contributed by atoms with E-state index in [1.54, 1.807) is 24.1 Å². The van der Waals surface area contributed by atoms with E-state index in [1.165, 1.54) is 6.07 Å². The smallest absolute Gasteiger partial charge is 0.177 e. The van der Waals surface area contributed by atoms with Crippen LogP contribution in [0.5, 0.6) is 0 Å². The van der Waals surface area contributed by atoms with Gasteiger partial charge in [0.25, 0.3) is 0 Å². The van der Waals surface area contributed by atoms with Gasteiger partial charge in [-0.15, -0.1) is 0 Å². The standard InChI is InChI=1S/C11H18N2O3S/c1-8(7-14)13(2)9-5-4-6-10(11(9)12)17(3,15)16/h4-6,8,14H,7,12H2,1-3H3. The largest absolute Gasteiger partial charge is 0.396 e. The maximum Gasteiger partial charge on any atom is 0.177 e. The van der Waals surface area contributed by atoms with Crippen LogP contribution in [0.15, 0.2) is 23.1 Å². The predicted molar refractivity (Wildman–Crippen MR) is 68.9 cm³/mol. The molecule has 0 radical (unpaired) electrons. The Kier molecular flexibility index (Phi) is 4.00. The molecule has 17 heavy (non-hydrogen) atoms. The molecule has 0 aliphatic heterocycles. The predicted octanol–water partition coefficient (Wildman–Crippen LogP) is 0.489. The van der Waals surface area contributed by atoms with Crippen molar-refractivity contribution in [1.82, 2.24) is 0 Å². The number of nitrogen functional groups attached to an aromatic ring is 1. The van der Waals surface area contributed by atoms with Crippen molar-refractivity contribution >= 4 is 21.2 Å². The van der Waals surface area contributed by atoms with Gasteiger partial charge in [0.1, 0.15) is 0 Å². The summed E-state index contributed by atoms with van der Waals surface area (Å²) in [5, 5.41) is 9.09. The van der Waals surface area contributed by atoms with Crippen LogP contribution in [0.3, 0.4) is 0 Å². The second-order valence-corrected chi connectivity index (χ2v) is 6.09. The lowest BCUT2D eigenvalue weighted by atomic mass is 10.2. The fourth-order valence-corrected chi connectivity index (χ4v) is 2.35. The van der Waals surface area contributed by atoms with Crippen LogP contribution >= 0.6 is 0 Å². The van der Waals surface area contributed by atoms with Crippen molar-refractivity contribution < 1.29 is 13.5 Å². The molecular formula is C11H18N2O3S. The fourth-order valence-electron chi connectivity index (χ4n) is 1.52. The minimum atomic E-state index is -3.34. The molecule has 0 bridgehead atoms. The summed E-state index contributed by atoms with van der Waals surface area (Å²) >= 11 is 0. The molecule has 0 spiro atoms. The molecule has 0 aliphatic rings. The topological polar surface area (TPSA) is 83.6 Å². The van der Waals surface area contributed by atoms with Crippen molar-refractivity contribution in [3.05, 3.63) is 18.2 Å². The summed E-state index contributed by atoms with van der Waals surface area (Å²) in [4.78, 5) is 1.87. The number of hydrogen-bond acceptors (Lipinski definition) is 5. The third kappa shape index (κ3) is 2.89. The van der Waals surface area contributed by atoms with Crippen molar-refractivity contribution in [2.75, 3.05) is 30.5 Å². The average Bonchev–Trinajstić information content (AvgIpc) is 2.25. The molecule has 5 nitrogen and oxygen atoms in total. The highest BCUT2D eigenvalue weighted by Gasteiger charge is 2.18. The van der Waals surface area contributed by atoms with Gasteiger partial charge in [-0.05, 0) is 19.1 Å². The second kappa shape index (κ2) is 4.93. The minimum absolute atomic E-state index is 0.0287. The maximum atomic E-state index is 11.5. The molecule has 6 heteroatoms. The molecular weight excluding hydrogens is 240 g/mol. The first kappa shape index (κ1) is 13.8. The molecule has 1 aromatic carbocycles. The first-order valence-electron chi connectivity index (χ1n) is 5.21. The van der Waals surface area contributed by atoms with E-state index < -0.39 is 9.84 Å². The monoisotopic (exact) mass is 258 g/mol. The van der Waals surface area contributed by atoms with E-state index in [2.05, 4.69) is 0 Å². The number of para-hydroxylation sites is 1. The summed E-state index contributed by atoms with van der Waals surface area (Å²) in [5.41, 5.74) is 6.69. The van der Waals surface area contributed by atoms with Gasteiger partial charge in [-0.3, -0.25) is 0 Å². The van der Waals surface area contributed by atoms with Crippen LogP contribution in [0.2, 0.25) is 0 Å². The number of aliphatic hydroxyl groups is 1. The summed E-state index contributed by atoms with van der Waals surface area (Å²) in [6, 6.07) is 4.72. The van der Waals surface area contributed by atoms with E-state index in [0.29, 0.717) is 5.69 Å². The van der Waals surface area contributed by atoms with E-state index in [0.717, 1.165) is 6.26 Å². The van der Waals surface area contributed by atoms with E-state index in [1.807, 2.05) is 6.92 Å². The first-order chi connectivity index (χ1) is 7.79. The molecule has 0 amide bonds. The van der Waals surface area contributed by atoms with Crippen molar-refractivity contribution in [3.8, 4) is 0 Å². The van der Waals surface area contributed by atoms with Gasteiger partial charge in [-0.2, -0.15) is 0 Å². The summed E-state index contributed by atoms with van der Waals surface area (Å²) in [5.74, 6) is 0. The van der Waals surface area contributed by atoms with Crippen molar-refractivity contribution in [2.24, 2.45) is 0 Å². The number of sulfone groups is 1. The lowest BCUT2D eigenvalue weighted by molar-refractivity contribution is 0.270. The zero-order valence-electron chi connectivity index (χ0n) is 10.2. The highest BCUT2D eigenvalue weighted by molar-refractivity contribution is 7.90. The molecule has 1 rings (SSSR count). The van der Waals surface area contributed by atoms with Gasteiger partial charge in [0, 0.05) is 19.3 Å². The number of hydrogen-bond donors (Lipinski definition) is 2. The van der Waals surface area contributed by atoms with Crippen LogP contribution in [-0.2, 0) is 9.84 Å². The highest BCUT2D eigenvalue weighted by atomic mass is 32.2. The lowest BCUT2D eigenvalue weighted by Crippen LogP contribution is -2.32. The van der Waals surface area contributed by atoms with Crippen LogP contribution in [0, 0.1) is 0 Å². The van der Waals surface area contributed by atoms with Crippen LogP contribution < -0.4 is 10.6 Å². The minimum Gasteiger partial charge on any atom is -0.396 e. The number of anilines is 2. The first-order valence-corrected chi connectivity index (χ1v) is 7.10. The van der Waals surface area contributed by atoms with Crippen molar-refractivity contribution in [3.63, 3.8) is 0 Å². The Bertz CT molecular complexity index is 499. The van der Waals surface area contributed by atoms with Gasteiger partial charge < -0.3 is 15.7 Å².